The van der Waals surface area contributed by atoms with E-state index in [2.05, 4.69) is 5.32 Å². The van der Waals surface area contributed by atoms with Gasteiger partial charge in [0.1, 0.15) is 5.82 Å². The van der Waals surface area contributed by atoms with Gasteiger partial charge in [0.15, 0.2) is 0 Å². The first kappa shape index (κ1) is 21.4. The molecule has 0 saturated heterocycles. The summed E-state index contributed by atoms with van der Waals surface area (Å²) in [5.41, 5.74) is 2.13. The van der Waals surface area contributed by atoms with E-state index in [4.69, 9.17) is 21.8 Å². The Morgan fingerprint density at radius 1 is 0.964 bits per heavy atom. The minimum Gasteiger partial charge on any atom is -0.481 e. The van der Waals surface area contributed by atoms with Crippen LogP contribution in [0, 0.1) is 5.82 Å². The normalized spacial score (nSPS) is 11.6. The topological polar surface area (TPSA) is 104 Å². The number of hydrogen-bond donors (Lipinski definition) is 3. The van der Waals surface area contributed by atoms with Gasteiger partial charge in [-0.2, -0.15) is 0 Å². The van der Waals surface area contributed by atoms with Crippen molar-refractivity contribution in [2.75, 3.05) is 0 Å². The molecule has 148 valence electrons. The molecule has 3 N–H and O–H groups in total. The Kier molecular flexibility index (Phi) is 7.52. The average molecular weight is 408 g/mol. The van der Waals surface area contributed by atoms with Crippen molar-refractivity contribution >= 4 is 29.4 Å². The van der Waals surface area contributed by atoms with Crippen molar-refractivity contribution in [3.05, 3.63) is 58.9 Å². The van der Waals surface area contributed by atoms with Crippen molar-refractivity contribution in [1.82, 2.24) is 5.32 Å². The quantitative estimate of drug-likeness (QED) is 0.590. The Labute approximate surface area is 165 Å². The number of amides is 1. The van der Waals surface area contributed by atoms with E-state index in [1.165, 1.54) is 12.1 Å². The van der Waals surface area contributed by atoms with E-state index in [0.717, 1.165) is 11.1 Å². The van der Waals surface area contributed by atoms with E-state index < -0.39 is 29.7 Å². The number of carbonyl (C=O) groups is 3. The number of nitrogens with one attached hydrogen (secondary N) is 1. The molecule has 1 atom stereocenters. The van der Waals surface area contributed by atoms with Crippen LogP contribution in [0.4, 0.5) is 4.39 Å². The minimum atomic E-state index is -1.10. The molecule has 1 unspecified atom stereocenters. The number of carbonyl (C=O) groups excluding carboxylic acids is 1. The Balaban J connectivity index is 2.08. The number of hydrogen-bond acceptors (Lipinski definition) is 3. The van der Waals surface area contributed by atoms with Gasteiger partial charge in [0, 0.05) is 17.5 Å². The van der Waals surface area contributed by atoms with E-state index in [1.54, 1.807) is 30.3 Å². The van der Waals surface area contributed by atoms with Crippen molar-refractivity contribution in [3.63, 3.8) is 0 Å². The Bertz CT molecular complexity index is 849. The molecule has 8 heteroatoms. The second-order valence-electron chi connectivity index (χ2n) is 6.32. The first-order chi connectivity index (χ1) is 13.2. The summed E-state index contributed by atoms with van der Waals surface area (Å²) >= 11 is 5.87. The molecular weight excluding hydrogens is 389 g/mol. The smallest absolute Gasteiger partial charge is 0.305 e. The molecule has 2 aromatic carbocycles. The van der Waals surface area contributed by atoms with Gasteiger partial charge in [0.25, 0.3) is 0 Å². The zero-order chi connectivity index (χ0) is 20.7. The molecule has 0 aliphatic carbocycles. The fraction of sp³-hybridized carbons (Fsp3) is 0.250. The van der Waals surface area contributed by atoms with Crippen LogP contribution in [0.1, 0.15) is 24.8 Å². The third kappa shape index (κ3) is 7.00. The van der Waals surface area contributed by atoms with Crippen LogP contribution in [0.5, 0.6) is 0 Å². The summed E-state index contributed by atoms with van der Waals surface area (Å²) in [5, 5.41) is 20.5. The summed E-state index contributed by atoms with van der Waals surface area (Å²) in [6, 6.07) is 10.6. The zero-order valence-electron chi connectivity index (χ0n) is 14.8. The maximum Gasteiger partial charge on any atom is 0.305 e. The highest BCUT2D eigenvalue weighted by atomic mass is 35.5. The zero-order valence-corrected chi connectivity index (χ0v) is 15.6. The summed E-state index contributed by atoms with van der Waals surface area (Å²) in [6.07, 6.45) is -0.573. The second kappa shape index (κ2) is 9.85. The van der Waals surface area contributed by atoms with E-state index in [9.17, 15) is 18.8 Å². The summed E-state index contributed by atoms with van der Waals surface area (Å²) in [5.74, 6) is -3.13. The predicted molar refractivity (Wildman–Crippen MR) is 102 cm³/mol. The molecule has 0 saturated carbocycles. The van der Waals surface area contributed by atoms with Crippen molar-refractivity contribution in [2.24, 2.45) is 0 Å². The molecule has 6 nitrogen and oxygen atoms in total. The number of halogens is 2. The van der Waals surface area contributed by atoms with Gasteiger partial charge < -0.3 is 15.5 Å². The van der Waals surface area contributed by atoms with Gasteiger partial charge >= 0.3 is 11.9 Å². The van der Waals surface area contributed by atoms with Crippen LogP contribution in [0.2, 0.25) is 5.02 Å². The third-order valence-electron chi connectivity index (χ3n) is 3.98. The van der Waals surface area contributed by atoms with Crippen LogP contribution < -0.4 is 5.32 Å². The van der Waals surface area contributed by atoms with E-state index in [1.807, 2.05) is 0 Å². The van der Waals surface area contributed by atoms with E-state index in [-0.39, 0.29) is 30.7 Å². The van der Waals surface area contributed by atoms with Crippen molar-refractivity contribution < 1.29 is 29.0 Å². The Morgan fingerprint density at radius 2 is 1.64 bits per heavy atom. The lowest BCUT2D eigenvalue weighted by atomic mass is 9.99. The maximum atomic E-state index is 13.5. The van der Waals surface area contributed by atoms with Gasteiger partial charge in [0.2, 0.25) is 5.91 Å². The fourth-order valence-corrected chi connectivity index (χ4v) is 2.97. The fourth-order valence-electron chi connectivity index (χ4n) is 2.74. The molecule has 0 fully saturated rings. The van der Waals surface area contributed by atoms with Crippen LogP contribution in [0.25, 0.3) is 11.1 Å². The van der Waals surface area contributed by atoms with Gasteiger partial charge in [-0.3, -0.25) is 14.4 Å². The second-order valence-corrected chi connectivity index (χ2v) is 6.75. The first-order valence-corrected chi connectivity index (χ1v) is 8.89. The van der Waals surface area contributed by atoms with Crippen molar-refractivity contribution in [3.8, 4) is 11.1 Å². The summed E-state index contributed by atoms with van der Waals surface area (Å²) in [7, 11) is 0. The molecule has 0 aliphatic rings. The van der Waals surface area contributed by atoms with Gasteiger partial charge in [0.05, 0.1) is 12.8 Å². The first-order valence-electron chi connectivity index (χ1n) is 8.51. The minimum absolute atomic E-state index is 0.218. The molecule has 0 bridgehead atoms. The SMILES string of the molecule is O=C(O)CCC(=O)NC(CC(=O)O)Cc1ccc(-c2cc(F)cc(Cl)c2)cc1. The van der Waals surface area contributed by atoms with Crippen LogP contribution in [-0.2, 0) is 20.8 Å². The number of aliphatic carboxylic acids is 2. The molecular formula is C20H19ClFNO5. The molecule has 0 heterocycles. The number of rotatable bonds is 9. The highest BCUT2D eigenvalue weighted by molar-refractivity contribution is 6.30. The molecule has 0 radical (unpaired) electrons. The number of carboxylic acids is 2. The standard InChI is InChI=1S/C20H19ClFNO5/c21-15-8-14(9-16(22)10-15)13-3-1-12(2-4-13)7-17(11-20(27)28)23-18(24)5-6-19(25)26/h1-4,8-10,17H,5-7,11H2,(H,23,24)(H,25,26)(H,27,28). The number of carboxylic acid groups (broad SMARTS) is 2. The van der Waals surface area contributed by atoms with Crippen molar-refractivity contribution in [1.29, 1.82) is 0 Å². The molecule has 28 heavy (non-hydrogen) atoms. The van der Waals surface area contributed by atoms with Gasteiger partial charge in [-0.05, 0) is 41.3 Å². The molecule has 0 aliphatic heterocycles. The molecule has 0 aromatic heterocycles. The average Bonchev–Trinajstić information content (AvgIpc) is 2.59. The van der Waals surface area contributed by atoms with E-state index >= 15 is 0 Å². The third-order valence-corrected chi connectivity index (χ3v) is 4.20. The highest BCUT2D eigenvalue weighted by Crippen LogP contribution is 2.25. The lowest BCUT2D eigenvalue weighted by Gasteiger charge is -2.17. The summed E-state index contributed by atoms with van der Waals surface area (Å²) < 4.78 is 13.5. The van der Waals surface area contributed by atoms with Crippen molar-refractivity contribution in [2.45, 2.75) is 31.7 Å². The summed E-state index contributed by atoms with van der Waals surface area (Å²) in [6.45, 7) is 0. The lowest BCUT2D eigenvalue weighted by molar-refractivity contribution is -0.140. The van der Waals surface area contributed by atoms with Crippen LogP contribution in [0.15, 0.2) is 42.5 Å². The van der Waals surface area contributed by atoms with E-state index in [0.29, 0.717) is 5.56 Å². The largest absolute Gasteiger partial charge is 0.481 e. The van der Waals surface area contributed by atoms with Crippen LogP contribution in [0.3, 0.4) is 0 Å². The Morgan fingerprint density at radius 3 is 2.21 bits per heavy atom. The van der Waals surface area contributed by atoms with Gasteiger partial charge in [-0.1, -0.05) is 35.9 Å². The lowest BCUT2D eigenvalue weighted by Crippen LogP contribution is -2.38. The molecule has 2 rings (SSSR count). The predicted octanol–water partition coefficient (Wildman–Crippen LogP) is 3.51. The molecule has 1 amide bonds. The number of benzene rings is 2. The highest BCUT2D eigenvalue weighted by Gasteiger charge is 2.17. The van der Waals surface area contributed by atoms with Crippen LogP contribution >= 0.6 is 11.6 Å². The summed E-state index contributed by atoms with van der Waals surface area (Å²) in [4.78, 5) is 33.4. The van der Waals surface area contributed by atoms with Crippen LogP contribution in [-0.4, -0.2) is 34.1 Å². The monoisotopic (exact) mass is 407 g/mol. The molecule has 0 spiro atoms. The van der Waals surface area contributed by atoms with Gasteiger partial charge in [-0.15, -0.1) is 0 Å². The Hall–Kier alpha value is -2.93. The van der Waals surface area contributed by atoms with Gasteiger partial charge in [-0.25, -0.2) is 4.39 Å². The molecule has 2 aromatic rings. The maximum absolute atomic E-state index is 13.5.